The first-order valence-corrected chi connectivity index (χ1v) is 7.09. The number of hydrogen-bond acceptors (Lipinski definition) is 4. The number of amides is 1. The maximum atomic E-state index is 12.2. The van der Waals surface area contributed by atoms with Crippen molar-refractivity contribution in [1.82, 2.24) is 9.97 Å². The van der Waals surface area contributed by atoms with Crippen molar-refractivity contribution in [2.24, 2.45) is 0 Å². The Hall–Kier alpha value is -3.48. The van der Waals surface area contributed by atoms with E-state index in [1.54, 1.807) is 24.3 Å². The van der Waals surface area contributed by atoms with Crippen molar-refractivity contribution in [1.29, 1.82) is 0 Å². The first-order valence-electron chi connectivity index (χ1n) is 7.09. The molecule has 0 aliphatic carbocycles. The van der Waals surface area contributed by atoms with Gasteiger partial charge in [-0.2, -0.15) is 0 Å². The molecule has 3 N–H and O–H groups in total. The Kier molecular flexibility index (Phi) is 3.83. The van der Waals surface area contributed by atoms with E-state index in [2.05, 4.69) is 15.3 Å². The van der Waals surface area contributed by atoms with E-state index < -0.39 is 5.97 Å². The highest BCUT2D eigenvalue weighted by molar-refractivity contribution is 5.93. The zero-order valence-corrected chi connectivity index (χ0v) is 12.7. The van der Waals surface area contributed by atoms with Crippen LogP contribution in [0.25, 0.3) is 22.3 Å². The molecule has 3 aromatic rings. The fourth-order valence-corrected chi connectivity index (χ4v) is 2.32. The van der Waals surface area contributed by atoms with E-state index in [-0.39, 0.29) is 17.0 Å². The SMILES string of the molecule is CC(=O)Nc1ccc(-c2nc3cc(C(=O)O)ccc3c(=O)[nH]2)cc1. The number of H-pyrrole nitrogens is 1. The molecule has 1 amide bonds. The third-order valence-corrected chi connectivity index (χ3v) is 3.43. The highest BCUT2D eigenvalue weighted by Crippen LogP contribution is 2.19. The fraction of sp³-hybridized carbons (Fsp3) is 0.0588. The number of aromatic nitrogens is 2. The summed E-state index contributed by atoms with van der Waals surface area (Å²) in [7, 11) is 0. The van der Waals surface area contributed by atoms with Crippen molar-refractivity contribution in [3.63, 3.8) is 0 Å². The molecule has 0 aliphatic heterocycles. The van der Waals surface area contributed by atoms with Crippen LogP contribution in [0, 0.1) is 0 Å². The van der Waals surface area contributed by atoms with Gasteiger partial charge in [-0.05, 0) is 42.5 Å². The minimum absolute atomic E-state index is 0.0626. The second kappa shape index (κ2) is 5.96. The van der Waals surface area contributed by atoms with E-state index in [1.165, 1.54) is 25.1 Å². The molecule has 0 radical (unpaired) electrons. The molecule has 0 aliphatic rings. The number of aromatic carboxylic acids is 1. The summed E-state index contributed by atoms with van der Waals surface area (Å²) < 4.78 is 0. The molecule has 0 saturated heterocycles. The third-order valence-electron chi connectivity index (χ3n) is 3.43. The van der Waals surface area contributed by atoms with E-state index in [9.17, 15) is 14.4 Å². The van der Waals surface area contributed by atoms with Gasteiger partial charge in [0.15, 0.2) is 0 Å². The van der Waals surface area contributed by atoms with Crippen molar-refractivity contribution in [3.05, 3.63) is 58.4 Å². The zero-order valence-electron chi connectivity index (χ0n) is 12.7. The predicted molar refractivity (Wildman–Crippen MR) is 89.1 cm³/mol. The molecule has 3 rings (SSSR count). The van der Waals surface area contributed by atoms with Gasteiger partial charge in [-0.25, -0.2) is 9.78 Å². The minimum Gasteiger partial charge on any atom is -0.478 e. The Balaban J connectivity index is 2.07. The number of hydrogen-bond donors (Lipinski definition) is 3. The number of nitrogens with zero attached hydrogens (tertiary/aromatic N) is 1. The topological polar surface area (TPSA) is 112 Å². The molecule has 1 aromatic heterocycles. The molecule has 0 unspecified atom stereocenters. The summed E-state index contributed by atoms with van der Waals surface area (Å²) in [6.45, 7) is 1.41. The molecule has 0 bridgehead atoms. The van der Waals surface area contributed by atoms with Crippen LogP contribution in [0.4, 0.5) is 5.69 Å². The van der Waals surface area contributed by atoms with Crippen molar-refractivity contribution in [2.45, 2.75) is 6.92 Å². The summed E-state index contributed by atoms with van der Waals surface area (Å²) in [4.78, 5) is 41.3. The van der Waals surface area contributed by atoms with Crippen molar-refractivity contribution < 1.29 is 14.7 Å². The number of carbonyl (C=O) groups excluding carboxylic acids is 1. The molecule has 0 atom stereocenters. The van der Waals surface area contributed by atoms with Gasteiger partial charge in [0.25, 0.3) is 5.56 Å². The van der Waals surface area contributed by atoms with Crippen LogP contribution in [0.1, 0.15) is 17.3 Å². The third kappa shape index (κ3) is 3.00. The Morgan fingerprint density at radius 2 is 1.83 bits per heavy atom. The second-order valence-electron chi connectivity index (χ2n) is 5.21. The Morgan fingerprint density at radius 1 is 1.12 bits per heavy atom. The molecular formula is C17H13N3O4. The normalized spacial score (nSPS) is 10.5. The second-order valence-corrected chi connectivity index (χ2v) is 5.21. The average Bonchev–Trinajstić information content (AvgIpc) is 2.54. The number of rotatable bonds is 3. The van der Waals surface area contributed by atoms with Gasteiger partial charge in [0.2, 0.25) is 5.91 Å². The minimum atomic E-state index is -1.08. The van der Waals surface area contributed by atoms with Crippen LogP contribution < -0.4 is 10.9 Å². The number of benzene rings is 2. The molecule has 2 aromatic carbocycles. The number of nitrogens with one attached hydrogen (secondary N) is 2. The highest BCUT2D eigenvalue weighted by atomic mass is 16.4. The van der Waals surface area contributed by atoms with Crippen LogP contribution in [-0.4, -0.2) is 27.0 Å². The van der Waals surface area contributed by atoms with Crippen LogP contribution in [0.15, 0.2) is 47.3 Å². The van der Waals surface area contributed by atoms with E-state index >= 15 is 0 Å². The Bertz CT molecular complexity index is 1010. The number of carboxylic acids is 1. The molecule has 120 valence electrons. The number of carboxylic acid groups (broad SMARTS) is 1. The first kappa shape index (κ1) is 15.4. The standard InChI is InChI=1S/C17H13N3O4/c1-9(21)18-12-5-2-10(3-6-12)15-19-14-8-11(17(23)24)4-7-13(14)16(22)20-15/h2-8H,1H3,(H,18,21)(H,23,24)(H,19,20,22). The largest absolute Gasteiger partial charge is 0.478 e. The average molecular weight is 323 g/mol. The highest BCUT2D eigenvalue weighted by Gasteiger charge is 2.09. The van der Waals surface area contributed by atoms with Crippen molar-refractivity contribution >= 4 is 28.5 Å². The van der Waals surface area contributed by atoms with Crippen LogP contribution >= 0.6 is 0 Å². The summed E-state index contributed by atoms with van der Waals surface area (Å²) in [5.74, 6) is -0.939. The van der Waals surface area contributed by atoms with Crippen LogP contribution in [0.3, 0.4) is 0 Å². The summed E-state index contributed by atoms with van der Waals surface area (Å²) in [6, 6.07) is 11.0. The van der Waals surface area contributed by atoms with Crippen LogP contribution in [-0.2, 0) is 4.79 Å². The number of fused-ring (bicyclic) bond motifs is 1. The van der Waals surface area contributed by atoms with Gasteiger partial charge in [0, 0.05) is 18.2 Å². The fourth-order valence-electron chi connectivity index (χ4n) is 2.32. The molecule has 7 heteroatoms. The van der Waals surface area contributed by atoms with Gasteiger partial charge in [0.1, 0.15) is 5.82 Å². The maximum absolute atomic E-state index is 12.2. The molecule has 1 heterocycles. The van der Waals surface area contributed by atoms with Gasteiger partial charge in [-0.3, -0.25) is 9.59 Å². The molecular weight excluding hydrogens is 310 g/mol. The van der Waals surface area contributed by atoms with Crippen molar-refractivity contribution in [3.8, 4) is 11.4 Å². The summed E-state index contributed by atoms with van der Waals surface area (Å²) in [5.41, 5.74) is 1.29. The lowest BCUT2D eigenvalue weighted by Gasteiger charge is -2.06. The van der Waals surface area contributed by atoms with Gasteiger partial charge in [-0.1, -0.05) is 0 Å². The quantitative estimate of drug-likeness (QED) is 0.684. The lowest BCUT2D eigenvalue weighted by Crippen LogP contribution is -2.10. The summed E-state index contributed by atoms with van der Waals surface area (Å²) in [5, 5.41) is 12.0. The van der Waals surface area contributed by atoms with Crippen LogP contribution in [0.2, 0.25) is 0 Å². The number of aromatic amines is 1. The number of carbonyl (C=O) groups is 2. The van der Waals surface area contributed by atoms with E-state index in [1.807, 2.05) is 0 Å². The van der Waals surface area contributed by atoms with Gasteiger partial charge in [-0.15, -0.1) is 0 Å². The molecule has 7 nitrogen and oxygen atoms in total. The lowest BCUT2D eigenvalue weighted by atomic mass is 10.1. The monoisotopic (exact) mass is 323 g/mol. The van der Waals surface area contributed by atoms with E-state index in [0.717, 1.165) is 0 Å². The van der Waals surface area contributed by atoms with Gasteiger partial charge < -0.3 is 15.4 Å². The van der Waals surface area contributed by atoms with Crippen LogP contribution in [0.5, 0.6) is 0 Å². The number of anilines is 1. The van der Waals surface area contributed by atoms with Gasteiger partial charge >= 0.3 is 5.97 Å². The van der Waals surface area contributed by atoms with Gasteiger partial charge in [0.05, 0.1) is 16.5 Å². The summed E-state index contributed by atoms with van der Waals surface area (Å²) >= 11 is 0. The van der Waals surface area contributed by atoms with Crippen molar-refractivity contribution in [2.75, 3.05) is 5.32 Å². The molecule has 0 fully saturated rings. The zero-order chi connectivity index (χ0) is 17.3. The maximum Gasteiger partial charge on any atom is 0.335 e. The first-order chi connectivity index (χ1) is 11.4. The van der Waals surface area contributed by atoms with E-state index in [0.29, 0.717) is 28.0 Å². The molecule has 24 heavy (non-hydrogen) atoms. The predicted octanol–water partition coefficient (Wildman–Crippen LogP) is 2.25. The Labute approximate surface area is 136 Å². The van der Waals surface area contributed by atoms with E-state index in [4.69, 9.17) is 5.11 Å². The Morgan fingerprint density at radius 3 is 2.46 bits per heavy atom. The summed E-state index contributed by atoms with van der Waals surface area (Å²) in [6.07, 6.45) is 0. The smallest absolute Gasteiger partial charge is 0.335 e. The molecule has 0 saturated carbocycles. The molecule has 0 spiro atoms. The lowest BCUT2D eigenvalue weighted by molar-refractivity contribution is -0.114.